The highest BCUT2D eigenvalue weighted by Crippen LogP contribution is 2.32. The molecule has 1 fully saturated rings. The van der Waals surface area contributed by atoms with E-state index in [-0.39, 0.29) is 5.54 Å². The summed E-state index contributed by atoms with van der Waals surface area (Å²) in [6, 6.07) is 3.51. The molecule has 0 amide bonds. The van der Waals surface area contributed by atoms with Crippen molar-refractivity contribution in [2.75, 3.05) is 11.1 Å². The molecule has 0 aliphatic heterocycles. The van der Waals surface area contributed by atoms with Gasteiger partial charge in [0, 0.05) is 5.54 Å². The van der Waals surface area contributed by atoms with Gasteiger partial charge >= 0.3 is 0 Å². The lowest BCUT2D eigenvalue weighted by molar-refractivity contribution is 0.348. The van der Waals surface area contributed by atoms with Crippen LogP contribution in [0.2, 0.25) is 5.15 Å². The highest BCUT2D eigenvalue weighted by Gasteiger charge is 2.27. The molecular formula is C12H18ClN3. The number of aromatic nitrogens is 1. The zero-order valence-corrected chi connectivity index (χ0v) is 10.3. The Kier molecular flexibility index (Phi) is 3.24. The van der Waals surface area contributed by atoms with Gasteiger partial charge < -0.3 is 11.1 Å². The highest BCUT2D eigenvalue weighted by molar-refractivity contribution is 6.29. The van der Waals surface area contributed by atoms with E-state index in [0.29, 0.717) is 10.8 Å². The first-order valence-corrected chi connectivity index (χ1v) is 6.17. The van der Waals surface area contributed by atoms with E-state index in [1.54, 1.807) is 12.1 Å². The minimum atomic E-state index is 0.115. The van der Waals surface area contributed by atoms with Crippen molar-refractivity contribution >= 4 is 23.1 Å². The minimum absolute atomic E-state index is 0.115. The number of nitrogen functional groups attached to an aromatic ring is 1. The number of halogens is 1. The lowest BCUT2D eigenvalue weighted by Crippen LogP contribution is -2.37. The Morgan fingerprint density at radius 3 is 2.69 bits per heavy atom. The van der Waals surface area contributed by atoms with E-state index < -0.39 is 0 Å². The monoisotopic (exact) mass is 239 g/mol. The Morgan fingerprint density at radius 2 is 2.00 bits per heavy atom. The van der Waals surface area contributed by atoms with Crippen molar-refractivity contribution in [2.45, 2.75) is 44.6 Å². The number of nitrogens with two attached hydrogens (primary N) is 1. The molecule has 16 heavy (non-hydrogen) atoms. The molecule has 4 heteroatoms. The van der Waals surface area contributed by atoms with Crippen molar-refractivity contribution in [3.8, 4) is 0 Å². The number of hydrogen-bond donors (Lipinski definition) is 2. The quantitative estimate of drug-likeness (QED) is 0.778. The van der Waals surface area contributed by atoms with Crippen LogP contribution in [0, 0.1) is 0 Å². The molecule has 0 bridgehead atoms. The van der Waals surface area contributed by atoms with E-state index in [1.165, 1.54) is 32.1 Å². The van der Waals surface area contributed by atoms with Gasteiger partial charge in [0.05, 0.1) is 5.69 Å². The summed E-state index contributed by atoms with van der Waals surface area (Å²) in [5.74, 6) is 0.719. The summed E-state index contributed by atoms with van der Waals surface area (Å²) in [5.41, 5.74) is 6.66. The number of rotatable bonds is 2. The van der Waals surface area contributed by atoms with Crippen LogP contribution < -0.4 is 11.1 Å². The molecule has 0 radical (unpaired) electrons. The maximum absolute atomic E-state index is 5.88. The van der Waals surface area contributed by atoms with Crippen molar-refractivity contribution in [3.05, 3.63) is 17.3 Å². The number of nitrogens with zero attached hydrogens (tertiary/aromatic N) is 1. The van der Waals surface area contributed by atoms with Crippen LogP contribution in [0.1, 0.15) is 39.0 Å². The normalized spacial score (nSPS) is 19.4. The third-order valence-electron chi connectivity index (χ3n) is 3.27. The first kappa shape index (κ1) is 11.5. The predicted molar refractivity (Wildman–Crippen MR) is 68.8 cm³/mol. The molecule has 3 nitrogen and oxygen atoms in total. The second-order valence-corrected chi connectivity index (χ2v) is 5.21. The molecule has 1 aromatic rings. The van der Waals surface area contributed by atoms with Gasteiger partial charge in [-0.1, -0.05) is 30.9 Å². The van der Waals surface area contributed by atoms with E-state index in [2.05, 4.69) is 17.2 Å². The van der Waals surface area contributed by atoms with Crippen LogP contribution in [0.4, 0.5) is 11.5 Å². The van der Waals surface area contributed by atoms with Gasteiger partial charge in [-0.15, -0.1) is 0 Å². The fourth-order valence-corrected chi connectivity index (χ4v) is 2.44. The van der Waals surface area contributed by atoms with Gasteiger partial charge in [-0.05, 0) is 31.9 Å². The molecule has 1 aromatic heterocycles. The van der Waals surface area contributed by atoms with Crippen LogP contribution in [0.5, 0.6) is 0 Å². The largest absolute Gasteiger partial charge is 0.396 e. The average Bonchev–Trinajstić information content (AvgIpc) is 2.24. The zero-order valence-electron chi connectivity index (χ0n) is 9.59. The van der Waals surface area contributed by atoms with Gasteiger partial charge in [0.1, 0.15) is 5.15 Å². The summed E-state index contributed by atoms with van der Waals surface area (Å²) < 4.78 is 0. The molecule has 1 saturated carbocycles. The van der Waals surface area contributed by atoms with Crippen molar-refractivity contribution in [3.63, 3.8) is 0 Å². The lowest BCUT2D eigenvalue weighted by atomic mass is 9.83. The van der Waals surface area contributed by atoms with Crippen molar-refractivity contribution < 1.29 is 0 Å². The van der Waals surface area contributed by atoms with E-state index in [9.17, 15) is 0 Å². The molecule has 0 unspecified atom stereocenters. The maximum Gasteiger partial charge on any atom is 0.151 e. The van der Waals surface area contributed by atoms with Crippen molar-refractivity contribution in [1.29, 1.82) is 0 Å². The van der Waals surface area contributed by atoms with Gasteiger partial charge in [-0.3, -0.25) is 0 Å². The second kappa shape index (κ2) is 4.50. The summed E-state index contributed by atoms with van der Waals surface area (Å²) in [5, 5.41) is 3.93. The average molecular weight is 240 g/mol. The summed E-state index contributed by atoms with van der Waals surface area (Å²) >= 11 is 5.87. The van der Waals surface area contributed by atoms with Gasteiger partial charge in [0.2, 0.25) is 0 Å². The number of hydrogen-bond acceptors (Lipinski definition) is 3. The second-order valence-electron chi connectivity index (χ2n) is 4.82. The summed E-state index contributed by atoms with van der Waals surface area (Å²) in [6.45, 7) is 2.23. The molecule has 1 aliphatic rings. The van der Waals surface area contributed by atoms with Crippen LogP contribution in [0.25, 0.3) is 0 Å². The van der Waals surface area contributed by atoms with Crippen molar-refractivity contribution in [1.82, 2.24) is 4.98 Å². The lowest BCUT2D eigenvalue weighted by Gasteiger charge is -2.35. The molecule has 1 aliphatic carbocycles. The summed E-state index contributed by atoms with van der Waals surface area (Å²) in [7, 11) is 0. The predicted octanol–water partition coefficient (Wildman–Crippen LogP) is 3.45. The molecule has 88 valence electrons. The molecule has 3 N–H and O–H groups in total. The van der Waals surface area contributed by atoms with E-state index in [1.807, 2.05) is 0 Å². The number of pyridine rings is 1. The standard InChI is InChI=1S/C12H18ClN3/c1-12(7-3-2-4-8-12)16-11-9(14)5-6-10(13)15-11/h5-6H,2-4,7-8,14H2,1H3,(H,15,16). The van der Waals surface area contributed by atoms with E-state index in [0.717, 1.165) is 5.82 Å². The fraction of sp³-hybridized carbons (Fsp3) is 0.583. The number of nitrogens with one attached hydrogen (secondary N) is 1. The molecular weight excluding hydrogens is 222 g/mol. The maximum atomic E-state index is 5.88. The molecule has 0 aromatic carbocycles. The summed E-state index contributed by atoms with van der Waals surface area (Å²) in [4.78, 5) is 4.24. The van der Waals surface area contributed by atoms with Crippen LogP contribution in [0.3, 0.4) is 0 Å². The SMILES string of the molecule is CC1(Nc2nc(Cl)ccc2N)CCCCC1. The molecule has 0 spiro atoms. The Hall–Kier alpha value is -0.960. The topological polar surface area (TPSA) is 50.9 Å². The molecule has 2 rings (SSSR count). The van der Waals surface area contributed by atoms with E-state index >= 15 is 0 Å². The smallest absolute Gasteiger partial charge is 0.151 e. The zero-order chi connectivity index (χ0) is 11.6. The van der Waals surface area contributed by atoms with Gasteiger partial charge in [0.15, 0.2) is 5.82 Å². The van der Waals surface area contributed by atoms with Crippen LogP contribution >= 0.6 is 11.6 Å². The fourth-order valence-electron chi connectivity index (χ4n) is 2.29. The third kappa shape index (κ3) is 2.59. The van der Waals surface area contributed by atoms with Crippen molar-refractivity contribution in [2.24, 2.45) is 0 Å². The van der Waals surface area contributed by atoms with Crippen LogP contribution in [0.15, 0.2) is 12.1 Å². The third-order valence-corrected chi connectivity index (χ3v) is 3.48. The molecule has 1 heterocycles. The van der Waals surface area contributed by atoms with Gasteiger partial charge in [0.25, 0.3) is 0 Å². The van der Waals surface area contributed by atoms with Gasteiger partial charge in [-0.2, -0.15) is 0 Å². The van der Waals surface area contributed by atoms with Crippen LogP contribution in [-0.4, -0.2) is 10.5 Å². The first-order valence-electron chi connectivity index (χ1n) is 5.79. The number of anilines is 2. The Labute approximate surface area is 101 Å². The Bertz CT molecular complexity index is 373. The van der Waals surface area contributed by atoms with Crippen LogP contribution in [-0.2, 0) is 0 Å². The summed E-state index contributed by atoms with van der Waals surface area (Å²) in [6.07, 6.45) is 6.20. The van der Waals surface area contributed by atoms with Gasteiger partial charge in [-0.25, -0.2) is 4.98 Å². The van der Waals surface area contributed by atoms with E-state index in [4.69, 9.17) is 17.3 Å². The highest BCUT2D eigenvalue weighted by atomic mass is 35.5. The molecule has 0 atom stereocenters. The molecule has 0 saturated heterocycles. The Morgan fingerprint density at radius 1 is 1.31 bits per heavy atom. The minimum Gasteiger partial charge on any atom is -0.396 e. The Balaban J connectivity index is 2.15. The first-order chi connectivity index (χ1) is 7.59.